The zero-order chi connectivity index (χ0) is 13.2. The van der Waals surface area contributed by atoms with Crippen LogP contribution in [0.15, 0.2) is 48.5 Å². The summed E-state index contributed by atoms with van der Waals surface area (Å²) >= 11 is 0. The molecule has 0 fully saturated rings. The molecule has 0 saturated carbocycles. The summed E-state index contributed by atoms with van der Waals surface area (Å²) in [6, 6.07) is 17.0. The van der Waals surface area contributed by atoms with Crippen LogP contribution in [0.3, 0.4) is 0 Å². The largest absolute Gasteiger partial charge is 0.354 e. The van der Waals surface area contributed by atoms with E-state index in [9.17, 15) is 0 Å². The van der Waals surface area contributed by atoms with Crippen LogP contribution in [0.5, 0.6) is 0 Å². The van der Waals surface area contributed by atoms with Crippen molar-refractivity contribution < 1.29 is 0 Å². The highest BCUT2D eigenvalue weighted by molar-refractivity contribution is 5.91. The van der Waals surface area contributed by atoms with Crippen LogP contribution in [-0.4, -0.2) is 11.5 Å². The number of aromatic nitrogens is 1. The van der Waals surface area contributed by atoms with Crippen LogP contribution < -0.4 is 5.73 Å². The van der Waals surface area contributed by atoms with Gasteiger partial charge >= 0.3 is 0 Å². The maximum atomic E-state index is 5.78. The van der Waals surface area contributed by atoms with Gasteiger partial charge in [0.05, 0.1) is 0 Å². The number of nitrogens with one attached hydrogen (secondary N) is 1. The van der Waals surface area contributed by atoms with E-state index in [1.54, 1.807) is 0 Å². The van der Waals surface area contributed by atoms with Crippen molar-refractivity contribution in [2.24, 2.45) is 5.73 Å². The quantitative estimate of drug-likeness (QED) is 0.732. The molecule has 1 aromatic heterocycles. The van der Waals surface area contributed by atoms with E-state index in [2.05, 4.69) is 54.4 Å². The first-order chi connectivity index (χ1) is 9.29. The lowest BCUT2D eigenvalue weighted by Crippen LogP contribution is -2.03. The Morgan fingerprint density at radius 3 is 2.58 bits per heavy atom. The zero-order valence-corrected chi connectivity index (χ0v) is 11.1. The van der Waals surface area contributed by atoms with E-state index in [-0.39, 0.29) is 0 Å². The number of nitrogens with two attached hydrogens (primary N) is 1. The van der Waals surface area contributed by atoms with Gasteiger partial charge in [0.25, 0.3) is 0 Å². The molecule has 19 heavy (non-hydrogen) atoms. The van der Waals surface area contributed by atoms with Gasteiger partial charge in [0.1, 0.15) is 0 Å². The van der Waals surface area contributed by atoms with E-state index in [1.807, 2.05) is 6.07 Å². The molecule has 0 aliphatic carbocycles. The fraction of sp³-hybridized carbons (Fsp3) is 0.176. The lowest BCUT2D eigenvalue weighted by Gasteiger charge is -2.03. The van der Waals surface area contributed by atoms with Crippen molar-refractivity contribution in [3.8, 4) is 11.3 Å². The van der Waals surface area contributed by atoms with Crippen molar-refractivity contribution in [1.82, 2.24) is 4.98 Å². The molecule has 0 saturated heterocycles. The minimum absolute atomic E-state index is 0.667. The van der Waals surface area contributed by atoms with E-state index in [1.165, 1.54) is 33.3 Å². The lowest BCUT2D eigenvalue weighted by atomic mass is 10.0. The third-order valence-electron chi connectivity index (χ3n) is 3.52. The third-order valence-corrected chi connectivity index (χ3v) is 3.52. The fourth-order valence-electron chi connectivity index (χ4n) is 2.62. The highest BCUT2D eigenvalue weighted by atomic mass is 14.7. The number of H-pyrrole nitrogens is 1. The summed E-state index contributed by atoms with van der Waals surface area (Å²) in [5.41, 5.74) is 12.0. The van der Waals surface area contributed by atoms with Gasteiger partial charge in [-0.15, -0.1) is 0 Å². The Balaban J connectivity index is 2.26. The van der Waals surface area contributed by atoms with Crippen molar-refractivity contribution in [3.05, 3.63) is 59.7 Å². The number of hydrogen-bond acceptors (Lipinski definition) is 1. The van der Waals surface area contributed by atoms with Gasteiger partial charge in [-0.3, -0.25) is 0 Å². The topological polar surface area (TPSA) is 41.8 Å². The molecule has 0 unspecified atom stereocenters. The van der Waals surface area contributed by atoms with E-state index in [0.717, 1.165) is 6.42 Å². The first kappa shape index (κ1) is 12.0. The molecule has 2 aromatic carbocycles. The number of hydrogen-bond donors (Lipinski definition) is 2. The summed E-state index contributed by atoms with van der Waals surface area (Å²) in [7, 11) is 0. The van der Waals surface area contributed by atoms with Gasteiger partial charge in [0.2, 0.25) is 0 Å². The smallest absolute Gasteiger partial charge is 0.0497 e. The summed E-state index contributed by atoms with van der Waals surface area (Å²) in [4.78, 5) is 3.54. The van der Waals surface area contributed by atoms with Crippen molar-refractivity contribution in [1.29, 1.82) is 0 Å². The molecule has 3 aromatic rings. The second kappa shape index (κ2) is 4.90. The van der Waals surface area contributed by atoms with Crippen LogP contribution in [0.4, 0.5) is 0 Å². The maximum Gasteiger partial charge on any atom is 0.0497 e. The molecule has 2 heteroatoms. The molecule has 0 bridgehead atoms. The fourth-order valence-corrected chi connectivity index (χ4v) is 2.62. The van der Waals surface area contributed by atoms with Gasteiger partial charge in [-0.2, -0.15) is 0 Å². The number of aromatic amines is 1. The summed E-state index contributed by atoms with van der Waals surface area (Å²) in [6.07, 6.45) is 0.897. The molecule has 0 aliphatic rings. The predicted molar refractivity (Wildman–Crippen MR) is 81.2 cm³/mol. The van der Waals surface area contributed by atoms with E-state index in [0.29, 0.717) is 6.54 Å². The molecule has 2 nitrogen and oxygen atoms in total. The normalized spacial score (nSPS) is 11.1. The zero-order valence-electron chi connectivity index (χ0n) is 11.1. The Morgan fingerprint density at radius 2 is 1.84 bits per heavy atom. The predicted octanol–water partition coefficient (Wildman–Crippen LogP) is 3.64. The first-order valence-electron chi connectivity index (χ1n) is 6.66. The van der Waals surface area contributed by atoms with Gasteiger partial charge in [-0.1, -0.05) is 42.0 Å². The van der Waals surface area contributed by atoms with Gasteiger partial charge in [0, 0.05) is 16.6 Å². The standard InChI is InChI=1S/C17H18N2/c1-12-7-8-16-15(11-12)14(9-10-18)17(19-16)13-5-3-2-4-6-13/h2-8,11,19H,9-10,18H2,1H3. The van der Waals surface area contributed by atoms with Crippen molar-refractivity contribution in [3.63, 3.8) is 0 Å². The summed E-state index contributed by atoms with van der Waals surface area (Å²) in [5, 5.41) is 1.30. The van der Waals surface area contributed by atoms with Crippen LogP contribution >= 0.6 is 0 Å². The molecule has 0 aliphatic heterocycles. The molecule has 0 atom stereocenters. The summed E-state index contributed by atoms with van der Waals surface area (Å²) in [6.45, 7) is 2.79. The average molecular weight is 250 g/mol. The second-order valence-electron chi connectivity index (χ2n) is 4.93. The van der Waals surface area contributed by atoms with Crippen LogP contribution in [0.25, 0.3) is 22.2 Å². The summed E-state index contributed by atoms with van der Waals surface area (Å²) < 4.78 is 0. The van der Waals surface area contributed by atoms with Gasteiger partial charge in [0.15, 0.2) is 0 Å². The number of aryl methyl sites for hydroxylation is 1. The molecule has 1 heterocycles. The molecular formula is C17H18N2. The van der Waals surface area contributed by atoms with E-state index >= 15 is 0 Å². The van der Waals surface area contributed by atoms with E-state index in [4.69, 9.17) is 5.73 Å². The van der Waals surface area contributed by atoms with Crippen LogP contribution in [0.2, 0.25) is 0 Å². The Kier molecular flexibility index (Phi) is 3.10. The van der Waals surface area contributed by atoms with Crippen LogP contribution in [-0.2, 0) is 6.42 Å². The van der Waals surface area contributed by atoms with Crippen LogP contribution in [0.1, 0.15) is 11.1 Å². The molecule has 96 valence electrons. The Morgan fingerprint density at radius 1 is 1.05 bits per heavy atom. The number of fused-ring (bicyclic) bond motifs is 1. The minimum Gasteiger partial charge on any atom is -0.354 e. The molecule has 3 rings (SSSR count). The highest BCUT2D eigenvalue weighted by Gasteiger charge is 2.12. The van der Waals surface area contributed by atoms with Gasteiger partial charge in [-0.05, 0) is 43.1 Å². The van der Waals surface area contributed by atoms with Gasteiger partial charge < -0.3 is 10.7 Å². The second-order valence-corrected chi connectivity index (χ2v) is 4.93. The van der Waals surface area contributed by atoms with E-state index < -0.39 is 0 Å². The molecule has 0 amide bonds. The number of benzene rings is 2. The monoisotopic (exact) mass is 250 g/mol. The minimum atomic E-state index is 0.667. The Bertz CT molecular complexity index is 696. The third kappa shape index (κ3) is 2.15. The average Bonchev–Trinajstić information content (AvgIpc) is 2.79. The molecule has 3 N–H and O–H groups in total. The maximum absolute atomic E-state index is 5.78. The Hall–Kier alpha value is -2.06. The first-order valence-corrected chi connectivity index (χ1v) is 6.66. The Labute approximate surface area is 113 Å². The molecule has 0 spiro atoms. The number of rotatable bonds is 3. The van der Waals surface area contributed by atoms with Crippen LogP contribution in [0, 0.1) is 6.92 Å². The highest BCUT2D eigenvalue weighted by Crippen LogP contribution is 2.31. The van der Waals surface area contributed by atoms with Gasteiger partial charge in [-0.25, -0.2) is 0 Å². The van der Waals surface area contributed by atoms with Crippen molar-refractivity contribution in [2.75, 3.05) is 6.54 Å². The van der Waals surface area contributed by atoms with Crippen molar-refractivity contribution in [2.45, 2.75) is 13.3 Å². The summed E-state index contributed by atoms with van der Waals surface area (Å²) in [5.74, 6) is 0. The molecule has 0 radical (unpaired) electrons. The lowest BCUT2D eigenvalue weighted by molar-refractivity contribution is 0.978. The van der Waals surface area contributed by atoms with Crippen molar-refractivity contribution >= 4 is 10.9 Å². The molecular weight excluding hydrogens is 232 g/mol. The SMILES string of the molecule is Cc1ccc2[nH]c(-c3ccccc3)c(CCN)c2c1.